The second-order valence-corrected chi connectivity index (χ2v) is 7.79. The SMILES string of the molecule is COc1ccc(/C(O)=C2\C(=O)C(=O)N(CC3CCCO3)C2c2ccccc2F)cc1C. The number of rotatable bonds is 5. The summed E-state index contributed by atoms with van der Waals surface area (Å²) in [5.74, 6) is -1.87. The van der Waals surface area contributed by atoms with Crippen molar-refractivity contribution < 1.29 is 28.6 Å². The zero-order chi connectivity index (χ0) is 22.1. The Hall–Kier alpha value is -3.19. The van der Waals surface area contributed by atoms with Crippen molar-refractivity contribution >= 4 is 17.4 Å². The van der Waals surface area contributed by atoms with Crippen molar-refractivity contribution in [2.75, 3.05) is 20.3 Å². The van der Waals surface area contributed by atoms with E-state index < -0.39 is 23.5 Å². The van der Waals surface area contributed by atoms with Crippen LogP contribution in [0.1, 0.15) is 35.6 Å². The lowest BCUT2D eigenvalue weighted by Gasteiger charge is -2.27. The fourth-order valence-electron chi connectivity index (χ4n) is 4.28. The molecule has 0 aliphatic carbocycles. The fourth-order valence-corrected chi connectivity index (χ4v) is 4.28. The van der Waals surface area contributed by atoms with Gasteiger partial charge in [0, 0.05) is 24.3 Å². The smallest absolute Gasteiger partial charge is 0.295 e. The summed E-state index contributed by atoms with van der Waals surface area (Å²) < 4.78 is 25.7. The van der Waals surface area contributed by atoms with Crippen LogP contribution >= 0.6 is 0 Å². The van der Waals surface area contributed by atoms with Gasteiger partial charge in [0.15, 0.2) is 0 Å². The van der Waals surface area contributed by atoms with Gasteiger partial charge in [-0.15, -0.1) is 0 Å². The third-order valence-corrected chi connectivity index (χ3v) is 5.83. The molecular formula is C24H24FNO5. The summed E-state index contributed by atoms with van der Waals surface area (Å²) in [5.41, 5.74) is 1.14. The molecule has 0 aromatic heterocycles. The van der Waals surface area contributed by atoms with E-state index in [9.17, 15) is 19.1 Å². The van der Waals surface area contributed by atoms with Crippen LogP contribution in [-0.2, 0) is 14.3 Å². The Labute approximate surface area is 179 Å². The van der Waals surface area contributed by atoms with Crippen molar-refractivity contribution in [2.45, 2.75) is 31.9 Å². The van der Waals surface area contributed by atoms with Crippen LogP contribution in [0.15, 0.2) is 48.0 Å². The third kappa shape index (κ3) is 3.81. The molecule has 1 amide bonds. The van der Waals surface area contributed by atoms with Gasteiger partial charge in [-0.05, 0) is 49.6 Å². The van der Waals surface area contributed by atoms with Crippen LogP contribution < -0.4 is 4.74 Å². The van der Waals surface area contributed by atoms with Gasteiger partial charge in [0.1, 0.15) is 17.3 Å². The van der Waals surface area contributed by atoms with E-state index in [1.54, 1.807) is 31.2 Å². The number of aliphatic hydroxyl groups is 1. The van der Waals surface area contributed by atoms with Gasteiger partial charge in [-0.3, -0.25) is 9.59 Å². The molecule has 2 aromatic carbocycles. The first-order valence-electron chi connectivity index (χ1n) is 10.2. The molecule has 2 heterocycles. The quantitative estimate of drug-likeness (QED) is 0.449. The Morgan fingerprint density at radius 2 is 2.03 bits per heavy atom. The van der Waals surface area contributed by atoms with Crippen LogP contribution in [0, 0.1) is 12.7 Å². The molecule has 2 unspecified atom stereocenters. The number of benzene rings is 2. The number of amides is 1. The van der Waals surface area contributed by atoms with Crippen LogP contribution in [-0.4, -0.2) is 48.1 Å². The fraction of sp³-hybridized carbons (Fsp3) is 0.333. The number of nitrogens with zero attached hydrogens (tertiary/aromatic N) is 1. The number of hydrogen-bond acceptors (Lipinski definition) is 5. The van der Waals surface area contributed by atoms with E-state index in [-0.39, 0.29) is 29.5 Å². The van der Waals surface area contributed by atoms with E-state index in [0.717, 1.165) is 18.4 Å². The van der Waals surface area contributed by atoms with Crippen molar-refractivity contribution in [3.05, 3.63) is 70.5 Å². The summed E-state index contributed by atoms with van der Waals surface area (Å²) in [6.45, 7) is 2.55. The number of likely N-dealkylation sites (tertiary alicyclic amines) is 1. The molecule has 2 saturated heterocycles. The van der Waals surface area contributed by atoms with Crippen molar-refractivity contribution in [1.29, 1.82) is 0 Å². The van der Waals surface area contributed by atoms with E-state index >= 15 is 0 Å². The minimum absolute atomic E-state index is 0.127. The zero-order valence-corrected chi connectivity index (χ0v) is 17.4. The maximum absolute atomic E-state index is 14.8. The van der Waals surface area contributed by atoms with Gasteiger partial charge in [0.2, 0.25) is 0 Å². The summed E-state index contributed by atoms with van der Waals surface area (Å²) in [7, 11) is 1.54. The van der Waals surface area contributed by atoms with E-state index in [2.05, 4.69) is 0 Å². The Bertz CT molecular complexity index is 1060. The number of methoxy groups -OCH3 is 1. The van der Waals surface area contributed by atoms with Crippen LogP contribution in [0.25, 0.3) is 5.76 Å². The predicted molar refractivity (Wildman–Crippen MR) is 112 cm³/mol. The summed E-state index contributed by atoms with van der Waals surface area (Å²) >= 11 is 0. The predicted octanol–water partition coefficient (Wildman–Crippen LogP) is 3.74. The molecule has 0 saturated carbocycles. The number of carbonyl (C=O) groups excluding carboxylic acids is 2. The summed E-state index contributed by atoms with van der Waals surface area (Å²) in [6, 6.07) is 9.89. The molecule has 0 bridgehead atoms. The highest BCUT2D eigenvalue weighted by molar-refractivity contribution is 6.46. The largest absolute Gasteiger partial charge is 0.507 e. The van der Waals surface area contributed by atoms with Crippen molar-refractivity contribution in [1.82, 2.24) is 4.90 Å². The molecule has 2 aliphatic rings. The molecule has 2 aliphatic heterocycles. The van der Waals surface area contributed by atoms with E-state index in [0.29, 0.717) is 17.9 Å². The Morgan fingerprint density at radius 1 is 1.26 bits per heavy atom. The molecule has 2 aromatic rings. The van der Waals surface area contributed by atoms with E-state index in [1.807, 2.05) is 0 Å². The third-order valence-electron chi connectivity index (χ3n) is 5.83. The summed E-state index contributed by atoms with van der Waals surface area (Å²) in [4.78, 5) is 27.3. The average molecular weight is 425 g/mol. The molecule has 1 N–H and O–H groups in total. The lowest BCUT2D eigenvalue weighted by atomic mass is 9.94. The highest BCUT2D eigenvalue weighted by Crippen LogP contribution is 2.41. The summed E-state index contributed by atoms with van der Waals surface area (Å²) in [5, 5.41) is 11.1. The average Bonchev–Trinajstić information content (AvgIpc) is 3.36. The molecule has 4 rings (SSSR count). The molecule has 2 fully saturated rings. The standard InChI is InChI=1S/C24H24FNO5/c1-14-12-15(9-10-19(14)30-2)22(27)20-21(17-7-3-4-8-18(17)25)26(24(29)23(20)28)13-16-6-5-11-31-16/h3-4,7-10,12,16,21,27H,5-6,11,13H2,1-2H3/b22-20+. The first kappa shape index (κ1) is 21.1. The molecule has 2 atom stereocenters. The second kappa shape index (κ2) is 8.51. The molecule has 6 nitrogen and oxygen atoms in total. The minimum Gasteiger partial charge on any atom is -0.507 e. The molecular weight excluding hydrogens is 401 g/mol. The monoisotopic (exact) mass is 425 g/mol. The van der Waals surface area contributed by atoms with Gasteiger partial charge in [0.25, 0.3) is 11.7 Å². The minimum atomic E-state index is -1.03. The molecule has 0 radical (unpaired) electrons. The van der Waals surface area contributed by atoms with Gasteiger partial charge in [-0.2, -0.15) is 0 Å². The highest BCUT2D eigenvalue weighted by Gasteiger charge is 2.47. The maximum atomic E-state index is 14.8. The van der Waals surface area contributed by atoms with E-state index in [4.69, 9.17) is 9.47 Å². The number of ketones is 1. The van der Waals surface area contributed by atoms with Gasteiger partial charge >= 0.3 is 0 Å². The number of aryl methyl sites for hydroxylation is 1. The number of halogens is 1. The topological polar surface area (TPSA) is 76.1 Å². The number of carbonyl (C=O) groups is 2. The number of aliphatic hydroxyl groups excluding tert-OH is 1. The first-order valence-corrected chi connectivity index (χ1v) is 10.2. The highest BCUT2D eigenvalue weighted by atomic mass is 19.1. The molecule has 162 valence electrons. The lowest BCUT2D eigenvalue weighted by molar-refractivity contribution is -0.140. The molecule has 7 heteroatoms. The van der Waals surface area contributed by atoms with Crippen LogP contribution in [0.3, 0.4) is 0 Å². The molecule has 0 spiro atoms. The van der Waals surface area contributed by atoms with Crippen LogP contribution in [0.2, 0.25) is 0 Å². The van der Waals surface area contributed by atoms with Gasteiger partial charge < -0.3 is 19.5 Å². The van der Waals surface area contributed by atoms with Crippen LogP contribution in [0.4, 0.5) is 4.39 Å². The first-order chi connectivity index (χ1) is 14.9. The van der Waals surface area contributed by atoms with Crippen LogP contribution in [0.5, 0.6) is 5.75 Å². The summed E-state index contributed by atoms with van der Waals surface area (Å²) in [6.07, 6.45) is 1.39. The number of hydrogen-bond donors (Lipinski definition) is 1. The van der Waals surface area contributed by atoms with Gasteiger partial charge in [-0.25, -0.2) is 4.39 Å². The Balaban J connectivity index is 1.85. The lowest BCUT2D eigenvalue weighted by Crippen LogP contribution is -2.36. The Kier molecular flexibility index (Phi) is 5.78. The van der Waals surface area contributed by atoms with Gasteiger partial charge in [-0.1, -0.05) is 18.2 Å². The van der Waals surface area contributed by atoms with Crippen molar-refractivity contribution in [3.8, 4) is 5.75 Å². The van der Waals surface area contributed by atoms with Crippen molar-refractivity contribution in [2.24, 2.45) is 0 Å². The number of Topliss-reactive ketones (excluding diaryl/α,β-unsaturated/α-hetero) is 1. The number of ether oxygens (including phenoxy) is 2. The second-order valence-electron chi connectivity index (χ2n) is 7.79. The maximum Gasteiger partial charge on any atom is 0.295 e. The Morgan fingerprint density at radius 3 is 2.68 bits per heavy atom. The van der Waals surface area contributed by atoms with E-state index in [1.165, 1.54) is 30.2 Å². The van der Waals surface area contributed by atoms with Gasteiger partial charge in [0.05, 0.1) is 24.8 Å². The normalized spacial score (nSPS) is 22.9. The van der Waals surface area contributed by atoms with Crippen molar-refractivity contribution in [3.63, 3.8) is 0 Å². The zero-order valence-electron chi connectivity index (χ0n) is 17.4. The molecule has 31 heavy (non-hydrogen) atoms.